The third kappa shape index (κ3) is 3.50. The van der Waals surface area contributed by atoms with Crippen molar-refractivity contribution in [3.8, 4) is 0 Å². The monoisotopic (exact) mass is 260 g/mol. The van der Waals surface area contributed by atoms with Gasteiger partial charge in [-0.25, -0.2) is 0 Å². The molecule has 1 saturated carbocycles. The van der Waals surface area contributed by atoms with E-state index in [1.165, 1.54) is 30.5 Å². The summed E-state index contributed by atoms with van der Waals surface area (Å²) in [6, 6.07) is 9.49. The largest absolute Gasteiger partial charge is 0.369 e. The van der Waals surface area contributed by atoms with Gasteiger partial charge in [-0.3, -0.25) is 0 Å². The molecule has 0 saturated heterocycles. The van der Waals surface area contributed by atoms with E-state index >= 15 is 0 Å². The molecule has 2 nitrogen and oxygen atoms in total. The Kier molecular flexibility index (Phi) is 4.87. The van der Waals surface area contributed by atoms with E-state index in [0.29, 0.717) is 12.6 Å². The number of nitrogens with zero attached hydrogens (tertiary/aromatic N) is 1. The summed E-state index contributed by atoms with van der Waals surface area (Å²) < 4.78 is 0. The van der Waals surface area contributed by atoms with Crippen LogP contribution in [0.15, 0.2) is 24.3 Å². The molecule has 2 N–H and O–H groups in total. The zero-order valence-corrected chi connectivity index (χ0v) is 12.6. The lowest BCUT2D eigenvalue weighted by molar-refractivity contribution is 0.261. The number of hydrogen-bond donors (Lipinski definition) is 1. The van der Waals surface area contributed by atoms with Crippen LogP contribution in [0.3, 0.4) is 0 Å². The second-order valence-corrected chi connectivity index (χ2v) is 6.23. The quantitative estimate of drug-likeness (QED) is 0.892. The molecule has 0 radical (unpaired) electrons. The van der Waals surface area contributed by atoms with Gasteiger partial charge in [0.15, 0.2) is 0 Å². The zero-order chi connectivity index (χ0) is 13.8. The SMILES string of the molecule is CCN(c1ccc(CN)cc1)C1CC(C)CC(C)C1. The first-order chi connectivity index (χ1) is 9.13. The lowest BCUT2D eigenvalue weighted by atomic mass is 9.79. The average Bonchev–Trinajstić information content (AvgIpc) is 2.39. The predicted molar refractivity (Wildman–Crippen MR) is 83.3 cm³/mol. The van der Waals surface area contributed by atoms with E-state index in [9.17, 15) is 0 Å². The van der Waals surface area contributed by atoms with Crippen LogP contribution < -0.4 is 10.6 Å². The third-order valence-electron chi connectivity index (χ3n) is 4.44. The number of benzene rings is 1. The minimum Gasteiger partial charge on any atom is -0.369 e. The first kappa shape index (κ1) is 14.4. The Bertz CT molecular complexity index is 375. The number of anilines is 1. The molecule has 0 amide bonds. The van der Waals surface area contributed by atoms with Gasteiger partial charge in [-0.05, 0) is 55.7 Å². The molecular formula is C17H28N2. The summed E-state index contributed by atoms with van der Waals surface area (Å²) in [6.07, 6.45) is 4.05. The second kappa shape index (κ2) is 6.42. The van der Waals surface area contributed by atoms with Crippen LogP contribution in [0.2, 0.25) is 0 Å². The first-order valence-electron chi connectivity index (χ1n) is 7.69. The van der Waals surface area contributed by atoms with Crippen LogP contribution in [-0.4, -0.2) is 12.6 Å². The fraction of sp³-hybridized carbons (Fsp3) is 0.647. The lowest BCUT2D eigenvalue weighted by Crippen LogP contribution is -2.40. The van der Waals surface area contributed by atoms with E-state index in [1.54, 1.807) is 0 Å². The van der Waals surface area contributed by atoms with E-state index in [4.69, 9.17) is 5.73 Å². The van der Waals surface area contributed by atoms with E-state index in [-0.39, 0.29) is 0 Å². The van der Waals surface area contributed by atoms with E-state index in [2.05, 4.69) is 49.9 Å². The molecule has 2 rings (SSSR count). The molecule has 2 heteroatoms. The number of rotatable bonds is 4. The average molecular weight is 260 g/mol. The van der Waals surface area contributed by atoms with Crippen molar-refractivity contribution in [2.75, 3.05) is 11.4 Å². The Morgan fingerprint density at radius 3 is 2.11 bits per heavy atom. The third-order valence-corrected chi connectivity index (χ3v) is 4.44. The molecule has 1 aliphatic carbocycles. The molecule has 0 bridgehead atoms. The van der Waals surface area contributed by atoms with Gasteiger partial charge in [-0.2, -0.15) is 0 Å². The Hall–Kier alpha value is -1.02. The van der Waals surface area contributed by atoms with Crippen LogP contribution in [0.5, 0.6) is 0 Å². The first-order valence-corrected chi connectivity index (χ1v) is 7.69. The van der Waals surface area contributed by atoms with Gasteiger partial charge in [0.05, 0.1) is 0 Å². The highest BCUT2D eigenvalue weighted by Gasteiger charge is 2.27. The zero-order valence-electron chi connectivity index (χ0n) is 12.6. The maximum atomic E-state index is 5.67. The van der Waals surface area contributed by atoms with Crippen molar-refractivity contribution >= 4 is 5.69 Å². The molecule has 2 unspecified atom stereocenters. The van der Waals surface area contributed by atoms with Gasteiger partial charge >= 0.3 is 0 Å². The van der Waals surface area contributed by atoms with E-state index < -0.39 is 0 Å². The van der Waals surface area contributed by atoms with Crippen molar-refractivity contribution in [3.05, 3.63) is 29.8 Å². The normalized spacial score (nSPS) is 27.3. The molecule has 1 aliphatic rings. The lowest BCUT2D eigenvalue weighted by Gasteiger charge is -2.40. The molecule has 1 aromatic carbocycles. The standard InChI is InChI=1S/C17H28N2/c1-4-19(16-7-5-15(12-18)6-8-16)17-10-13(2)9-14(3)11-17/h5-8,13-14,17H,4,9-12,18H2,1-3H3. The van der Waals surface area contributed by atoms with Gasteiger partial charge in [-0.15, -0.1) is 0 Å². The van der Waals surface area contributed by atoms with Crippen LogP contribution in [0.1, 0.15) is 45.6 Å². The molecular weight excluding hydrogens is 232 g/mol. The summed E-state index contributed by atoms with van der Waals surface area (Å²) in [5, 5.41) is 0. The van der Waals surface area contributed by atoms with Crippen molar-refractivity contribution in [2.24, 2.45) is 17.6 Å². The minimum absolute atomic E-state index is 0.629. The van der Waals surface area contributed by atoms with Gasteiger partial charge in [-0.1, -0.05) is 26.0 Å². The van der Waals surface area contributed by atoms with Crippen LogP contribution in [0.25, 0.3) is 0 Å². The van der Waals surface area contributed by atoms with Crippen LogP contribution in [0, 0.1) is 11.8 Å². The molecule has 0 aromatic heterocycles. The van der Waals surface area contributed by atoms with E-state index in [1.807, 2.05) is 0 Å². The summed E-state index contributed by atoms with van der Waals surface area (Å²) in [4.78, 5) is 2.58. The van der Waals surface area contributed by atoms with Gasteiger partial charge in [0.1, 0.15) is 0 Å². The summed E-state index contributed by atoms with van der Waals surface area (Å²) in [6.45, 7) is 8.78. The molecule has 0 spiro atoms. The topological polar surface area (TPSA) is 29.3 Å². The summed E-state index contributed by atoms with van der Waals surface area (Å²) in [5.41, 5.74) is 8.24. The molecule has 1 fully saturated rings. The molecule has 0 aliphatic heterocycles. The van der Waals surface area contributed by atoms with Crippen LogP contribution in [-0.2, 0) is 6.54 Å². The van der Waals surface area contributed by atoms with Crippen LogP contribution >= 0.6 is 0 Å². The fourth-order valence-corrected chi connectivity index (χ4v) is 3.63. The summed E-state index contributed by atoms with van der Waals surface area (Å²) >= 11 is 0. The number of nitrogens with two attached hydrogens (primary N) is 1. The Balaban J connectivity index is 2.13. The Labute approximate surface area is 118 Å². The molecule has 106 valence electrons. The van der Waals surface area contributed by atoms with Crippen molar-refractivity contribution < 1.29 is 0 Å². The predicted octanol–water partition coefficient (Wildman–Crippen LogP) is 3.80. The number of hydrogen-bond acceptors (Lipinski definition) is 2. The van der Waals surface area contributed by atoms with Crippen molar-refractivity contribution in [1.29, 1.82) is 0 Å². The smallest absolute Gasteiger partial charge is 0.0368 e. The van der Waals surface area contributed by atoms with Crippen molar-refractivity contribution in [1.82, 2.24) is 0 Å². The van der Waals surface area contributed by atoms with E-state index in [0.717, 1.165) is 18.4 Å². The maximum Gasteiger partial charge on any atom is 0.0368 e. The van der Waals surface area contributed by atoms with Gasteiger partial charge < -0.3 is 10.6 Å². The Morgan fingerprint density at radius 2 is 1.63 bits per heavy atom. The highest BCUT2D eigenvalue weighted by Crippen LogP contribution is 2.33. The van der Waals surface area contributed by atoms with Crippen LogP contribution in [0.4, 0.5) is 5.69 Å². The molecule has 19 heavy (non-hydrogen) atoms. The molecule has 0 heterocycles. The highest BCUT2D eigenvalue weighted by atomic mass is 15.2. The van der Waals surface area contributed by atoms with Gasteiger partial charge in [0, 0.05) is 24.8 Å². The van der Waals surface area contributed by atoms with Crippen molar-refractivity contribution in [2.45, 2.75) is 52.6 Å². The van der Waals surface area contributed by atoms with Gasteiger partial charge in [0.25, 0.3) is 0 Å². The maximum absolute atomic E-state index is 5.67. The molecule has 1 aromatic rings. The van der Waals surface area contributed by atoms with Gasteiger partial charge in [0.2, 0.25) is 0 Å². The Morgan fingerprint density at radius 1 is 1.05 bits per heavy atom. The minimum atomic E-state index is 0.629. The highest BCUT2D eigenvalue weighted by molar-refractivity contribution is 5.48. The second-order valence-electron chi connectivity index (χ2n) is 6.23. The summed E-state index contributed by atoms with van der Waals surface area (Å²) in [7, 11) is 0. The molecule has 2 atom stereocenters. The van der Waals surface area contributed by atoms with Crippen molar-refractivity contribution in [3.63, 3.8) is 0 Å². The summed E-state index contributed by atoms with van der Waals surface area (Å²) in [5.74, 6) is 1.71. The fourth-order valence-electron chi connectivity index (χ4n) is 3.63.